The quantitative estimate of drug-likeness (QED) is 0.697. The molecule has 5 nitrogen and oxygen atoms in total. The van der Waals surface area contributed by atoms with Gasteiger partial charge in [0.05, 0.1) is 30.9 Å². The van der Waals surface area contributed by atoms with Crippen molar-refractivity contribution in [3.63, 3.8) is 0 Å². The van der Waals surface area contributed by atoms with E-state index in [0.29, 0.717) is 24.2 Å². The van der Waals surface area contributed by atoms with Gasteiger partial charge in [0.1, 0.15) is 5.75 Å². The van der Waals surface area contributed by atoms with E-state index in [1.165, 1.54) is 0 Å². The third-order valence-electron chi connectivity index (χ3n) is 5.53. The summed E-state index contributed by atoms with van der Waals surface area (Å²) in [6.45, 7) is 2.32. The fraction of sp³-hybridized carbons (Fsp3) is 0.250. The average molecular weight is 388 g/mol. The maximum Gasteiger partial charge on any atom is 0.253 e. The van der Waals surface area contributed by atoms with Crippen LogP contribution in [-0.4, -0.2) is 23.5 Å². The summed E-state index contributed by atoms with van der Waals surface area (Å²) in [5, 5.41) is 3.26. The van der Waals surface area contributed by atoms with Gasteiger partial charge in [-0.3, -0.25) is 9.59 Å². The molecule has 2 heterocycles. The molecule has 1 atom stereocenters. The van der Waals surface area contributed by atoms with Crippen LogP contribution in [0.4, 0.5) is 5.69 Å². The fourth-order valence-electron chi connectivity index (χ4n) is 3.89. The molecule has 2 aromatic carbocycles. The highest BCUT2D eigenvalue weighted by Crippen LogP contribution is 2.29. The summed E-state index contributed by atoms with van der Waals surface area (Å²) in [5.74, 6) is 0.880. The highest BCUT2D eigenvalue weighted by Gasteiger charge is 2.32. The molecule has 0 radical (unpaired) electrons. The Morgan fingerprint density at radius 1 is 1.00 bits per heavy atom. The Morgan fingerprint density at radius 3 is 2.41 bits per heavy atom. The van der Waals surface area contributed by atoms with Crippen molar-refractivity contribution in [2.45, 2.75) is 32.4 Å². The average Bonchev–Trinajstić information content (AvgIpc) is 3.06. The van der Waals surface area contributed by atoms with Crippen molar-refractivity contribution in [2.75, 3.05) is 12.4 Å². The van der Waals surface area contributed by atoms with Gasteiger partial charge >= 0.3 is 0 Å². The molecule has 0 aliphatic carbocycles. The monoisotopic (exact) mass is 388 g/mol. The summed E-state index contributed by atoms with van der Waals surface area (Å²) >= 11 is 0. The number of nitrogens with one attached hydrogen (secondary N) is 1. The molecule has 1 unspecified atom stereocenters. The minimum Gasteiger partial charge on any atom is -0.497 e. The number of ketones is 1. The van der Waals surface area contributed by atoms with Gasteiger partial charge in [0.25, 0.3) is 5.56 Å². The molecule has 0 amide bonds. The molecule has 5 heteroatoms. The van der Waals surface area contributed by atoms with Crippen LogP contribution in [0.2, 0.25) is 0 Å². The van der Waals surface area contributed by atoms with Crippen molar-refractivity contribution in [1.82, 2.24) is 4.57 Å². The minimum absolute atomic E-state index is 0.0628. The molecular formula is C24H24N2O3. The molecule has 1 aliphatic heterocycles. The number of hydrogen-bond acceptors (Lipinski definition) is 4. The Bertz CT molecular complexity index is 1090. The zero-order valence-corrected chi connectivity index (χ0v) is 16.6. The molecule has 1 aromatic heterocycles. The predicted molar refractivity (Wildman–Crippen MR) is 114 cm³/mol. The number of rotatable bonds is 6. The number of aryl methyl sites for hydroxylation is 1. The standard InChI is InChI=1S/C24H24N2O3/c1-16-23-21(14-22(27)26(16)15-18-6-4-3-5-7-18)25-20(24(23)28)13-10-17-8-11-19(29-2)12-9-17/h3-9,11-12,14,20,25H,10,13,15H2,1-2H3. The van der Waals surface area contributed by atoms with Gasteiger partial charge in [0.2, 0.25) is 0 Å². The maximum absolute atomic E-state index is 13.1. The number of anilines is 1. The Balaban J connectivity index is 1.53. The van der Waals surface area contributed by atoms with Crippen molar-refractivity contribution in [1.29, 1.82) is 0 Å². The Morgan fingerprint density at radius 2 is 1.72 bits per heavy atom. The second-order valence-electron chi connectivity index (χ2n) is 7.38. The first-order valence-electron chi connectivity index (χ1n) is 9.79. The van der Waals surface area contributed by atoms with Gasteiger partial charge in [0.15, 0.2) is 5.78 Å². The number of fused-ring (bicyclic) bond motifs is 1. The number of methoxy groups -OCH3 is 1. The first-order chi connectivity index (χ1) is 14.1. The molecule has 1 aliphatic rings. The first kappa shape index (κ1) is 19.0. The van der Waals surface area contributed by atoms with Crippen LogP contribution in [0, 0.1) is 6.92 Å². The Labute approximate surface area is 170 Å². The number of hydrogen-bond donors (Lipinski definition) is 1. The van der Waals surface area contributed by atoms with Crippen LogP contribution in [-0.2, 0) is 13.0 Å². The summed E-state index contributed by atoms with van der Waals surface area (Å²) in [7, 11) is 1.64. The molecule has 0 fully saturated rings. The van der Waals surface area contributed by atoms with Gasteiger partial charge in [0, 0.05) is 11.8 Å². The zero-order chi connectivity index (χ0) is 20.4. The lowest BCUT2D eigenvalue weighted by atomic mass is 10.0. The zero-order valence-electron chi connectivity index (χ0n) is 16.6. The molecule has 0 spiro atoms. The van der Waals surface area contributed by atoms with E-state index in [1.54, 1.807) is 17.7 Å². The van der Waals surface area contributed by atoms with Crippen molar-refractivity contribution in [3.8, 4) is 5.75 Å². The van der Waals surface area contributed by atoms with Crippen molar-refractivity contribution in [2.24, 2.45) is 0 Å². The maximum atomic E-state index is 13.1. The van der Waals surface area contributed by atoms with E-state index in [1.807, 2.05) is 61.5 Å². The van der Waals surface area contributed by atoms with Crippen LogP contribution in [0.25, 0.3) is 0 Å². The smallest absolute Gasteiger partial charge is 0.253 e. The number of Topliss-reactive ketones (excluding diaryl/α,β-unsaturated/α-hetero) is 1. The molecule has 3 aromatic rings. The van der Waals surface area contributed by atoms with Gasteiger partial charge in [-0.05, 0) is 43.0 Å². The summed E-state index contributed by atoms with van der Waals surface area (Å²) in [4.78, 5) is 25.7. The lowest BCUT2D eigenvalue weighted by molar-refractivity contribution is 0.0975. The second-order valence-corrected chi connectivity index (χ2v) is 7.38. The van der Waals surface area contributed by atoms with Crippen LogP contribution in [0.3, 0.4) is 0 Å². The van der Waals surface area contributed by atoms with Crippen LogP contribution in [0.5, 0.6) is 5.75 Å². The summed E-state index contributed by atoms with van der Waals surface area (Å²) in [6.07, 6.45) is 1.45. The minimum atomic E-state index is -0.308. The van der Waals surface area contributed by atoms with Crippen LogP contribution >= 0.6 is 0 Å². The number of nitrogens with zero attached hydrogens (tertiary/aromatic N) is 1. The summed E-state index contributed by atoms with van der Waals surface area (Å²) in [6, 6.07) is 18.9. The summed E-state index contributed by atoms with van der Waals surface area (Å²) in [5.41, 5.74) is 4.10. The Hall–Kier alpha value is -3.34. The van der Waals surface area contributed by atoms with Crippen molar-refractivity contribution >= 4 is 11.5 Å². The highest BCUT2D eigenvalue weighted by molar-refractivity contribution is 6.11. The van der Waals surface area contributed by atoms with E-state index in [2.05, 4.69) is 5.32 Å². The lowest BCUT2D eigenvalue weighted by Crippen LogP contribution is -2.25. The first-order valence-corrected chi connectivity index (χ1v) is 9.79. The lowest BCUT2D eigenvalue weighted by Gasteiger charge is -2.12. The SMILES string of the molecule is COc1ccc(CCC2Nc3cc(=O)n(Cc4ccccc4)c(C)c3C2=O)cc1. The third-order valence-corrected chi connectivity index (χ3v) is 5.53. The molecule has 4 rings (SSSR count). The normalized spacial score (nSPS) is 15.1. The number of carbonyl (C=O) groups is 1. The molecule has 148 valence electrons. The van der Waals surface area contributed by atoms with E-state index in [4.69, 9.17) is 4.74 Å². The van der Waals surface area contributed by atoms with Gasteiger partial charge in [-0.2, -0.15) is 0 Å². The largest absolute Gasteiger partial charge is 0.497 e. The molecule has 0 bridgehead atoms. The summed E-state index contributed by atoms with van der Waals surface area (Å²) < 4.78 is 6.87. The Kier molecular flexibility index (Phi) is 5.21. The van der Waals surface area contributed by atoms with Crippen molar-refractivity contribution in [3.05, 3.63) is 93.4 Å². The third kappa shape index (κ3) is 3.81. The second kappa shape index (κ2) is 7.95. The number of carbonyl (C=O) groups excluding carboxylic acids is 1. The predicted octanol–water partition coefficient (Wildman–Crippen LogP) is 3.82. The van der Waals surface area contributed by atoms with E-state index in [-0.39, 0.29) is 17.4 Å². The van der Waals surface area contributed by atoms with Crippen LogP contribution < -0.4 is 15.6 Å². The van der Waals surface area contributed by atoms with Gasteiger partial charge in [-0.15, -0.1) is 0 Å². The highest BCUT2D eigenvalue weighted by atomic mass is 16.5. The molecule has 29 heavy (non-hydrogen) atoms. The van der Waals surface area contributed by atoms with E-state index >= 15 is 0 Å². The number of aromatic nitrogens is 1. The van der Waals surface area contributed by atoms with Crippen molar-refractivity contribution < 1.29 is 9.53 Å². The van der Waals surface area contributed by atoms with E-state index in [9.17, 15) is 9.59 Å². The van der Waals surface area contributed by atoms with E-state index < -0.39 is 0 Å². The molecular weight excluding hydrogens is 364 g/mol. The molecule has 0 saturated carbocycles. The fourth-order valence-corrected chi connectivity index (χ4v) is 3.89. The van der Waals surface area contributed by atoms with Gasteiger partial charge < -0.3 is 14.6 Å². The van der Waals surface area contributed by atoms with Gasteiger partial charge in [-0.25, -0.2) is 0 Å². The molecule has 0 saturated heterocycles. The number of pyridine rings is 1. The topological polar surface area (TPSA) is 60.3 Å². The van der Waals surface area contributed by atoms with Crippen LogP contribution in [0.15, 0.2) is 65.5 Å². The van der Waals surface area contributed by atoms with Crippen LogP contribution in [0.1, 0.15) is 33.6 Å². The van der Waals surface area contributed by atoms with E-state index in [0.717, 1.165) is 29.0 Å². The number of ether oxygens (including phenoxy) is 1. The molecule has 1 N–H and O–H groups in total. The number of benzene rings is 2. The van der Waals surface area contributed by atoms with Gasteiger partial charge in [-0.1, -0.05) is 42.5 Å².